The Kier molecular flexibility index (Phi) is 6.45. The number of piperidine rings is 1. The van der Waals surface area contributed by atoms with Gasteiger partial charge in [-0.3, -0.25) is 4.79 Å². The zero-order valence-electron chi connectivity index (χ0n) is 13.8. The number of esters is 1. The normalized spacial score (nSPS) is 20.8. The quantitative estimate of drug-likeness (QED) is 0.802. The molecule has 1 aliphatic heterocycles. The monoisotopic (exact) mass is 300 g/mol. The largest absolute Gasteiger partial charge is 0.468 e. The van der Waals surface area contributed by atoms with Crippen LogP contribution in [0.1, 0.15) is 40.5 Å². The molecule has 1 aliphatic rings. The highest BCUT2D eigenvalue weighted by Gasteiger charge is 2.28. The number of likely N-dealkylation sites (tertiary alicyclic amines) is 1. The SMILES string of the molecule is COC(=O)[C@H](C)NCC1CCCN(C(=O)OC(C)(C)C)C1. The summed E-state index contributed by atoms with van der Waals surface area (Å²) >= 11 is 0. The third kappa shape index (κ3) is 6.33. The minimum atomic E-state index is -0.471. The number of nitrogens with one attached hydrogen (secondary N) is 1. The van der Waals surface area contributed by atoms with E-state index in [1.54, 1.807) is 11.8 Å². The average Bonchev–Trinajstić information content (AvgIpc) is 2.42. The van der Waals surface area contributed by atoms with Gasteiger partial charge in [-0.05, 0) is 46.5 Å². The maximum atomic E-state index is 12.1. The third-order valence-electron chi connectivity index (χ3n) is 3.44. The highest BCUT2D eigenvalue weighted by Crippen LogP contribution is 2.19. The van der Waals surface area contributed by atoms with E-state index in [4.69, 9.17) is 4.74 Å². The van der Waals surface area contributed by atoms with Crippen LogP contribution in [0.3, 0.4) is 0 Å². The second-order valence-electron chi connectivity index (χ2n) is 6.59. The number of hydrogen-bond acceptors (Lipinski definition) is 5. The number of carbonyl (C=O) groups is 2. The molecule has 1 fully saturated rings. The molecule has 0 aromatic heterocycles. The Labute approximate surface area is 127 Å². The van der Waals surface area contributed by atoms with Gasteiger partial charge in [-0.1, -0.05) is 0 Å². The van der Waals surface area contributed by atoms with Crippen LogP contribution in [0.2, 0.25) is 0 Å². The number of ether oxygens (including phenoxy) is 2. The van der Waals surface area contributed by atoms with E-state index in [1.165, 1.54) is 7.11 Å². The van der Waals surface area contributed by atoms with Crippen molar-refractivity contribution >= 4 is 12.1 Å². The van der Waals surface area contributed by atoms with Crippen molar-refractivity contribution in [3.05, 3.63) is 0 Å². The summed E-state index contributed by atoms with van der Waals surface area (Å²) in [7, 11) is 1.38. The second-order valence-corrected chi connectivity index (χ2v) is 6.59. The molecule has 1 rings (SSSR count). The molecule has 0 aromatic rings. The van der Waals surface area contributed by atoms with Gasteiger partial charge in [-0.15, -0.1) is 0 Å². The lowest BCUT2D eigenvalue weighted by Crippen LogP contribution is -2.46. The molecule has 0 radical (unpaired) electrons. The number of carbonyl (C=O) groups excluding carboxylic acids is 2. The van der Waals surface area contributed by atoms with E-state index in [1.807, 2.05) is 20.8 Å². The molecule has 1 unspecified atom stereocenters. The summed E-state index contributed by atoms with van der Waals surface area (Å²) in [6.07, 6.45) is 1.74. The first-order chi connectivity index (χ1) is 9.73. The molecule has 122 valence electrons. The van der Waals surface area contributed by atoms with Crippen LogP contribution < -0.4 is 5.32 Å². The number of hydrogen-bond donors (Lipinski definition) is 1. The van der Waals surface area contributed by atoms with Crippen LogP contribution in [0.4, 0.5) is 4.79 Å². The fourth-order valence-corrected chi connectivity index (χ4v) is 2.33. The van der Waals surface area contributed by atoms with Crippen molar-refractivity contribution in [2.75, 3.05) is 26.7 Å². The van der Waals surface area contributed by atoms with Gasteiger partial charge in [0.05, 0.1) is 7.11 Å². The van der Waals surface area contributed by atoms with Crippen molar-refractivity contribution in [2.24, 2.45) is 5.92 Å². The fraction of sp³-hybridized carbons (Fsp3) is 0.867. The summed E-state index contributed by atoms with van der Waals surface area (Å²) < 4.78 is 10.1. The Bertz CT molecular complexity index is 365. The minimum absolute atomic E-state index is 0.256. The van der Waals surface area contributed by atoms with E-state index in [0.717, 1.165) is 19.4 Å². The van der Waals surface area contributed by atoms with Gasteiger partial charge in [0.1, 0.15) is 11.6 Å². The fourth-order valence-electron chi connectivity index (χ4n) is 2.33. The molecule has 0 aliphatic carbocycles. The first kappa shape index (κ1) is 17.8. The molecule has 6 heteroatoms. The van der Waals surface area contributed by atoms with Crippen LogP contribution in [0.15, 0.2) is 0 Å². The Morgan fingerprint density at radius 2 is 2.05 bits per heavy atom. The van der Waals surface area contributed by atoms with Crippen LogP contribution in [0, 0.1) is 5.92 Å². The highest BCUT2D eigenvalue weighted by molar-refractivity contribution is 5.75. The number of methoxy groups -OCH3 is 1. The lowest BCUT2D eigenvalue weighted by Gasteiger charge is -2.34. The lowest BCUT2D eigenvalue weighted by atomic mass is 9.98. The summed E-state index contributed by atoms with van der Waals surface area (Å²) in [5.74, 6) is 0.0631. The van der Waals surface area contributed by atoms with Gasteiger partial charge in [0.25, 0.3) is 0 Å². The van der Waals surface area contributed by atoms with Gasteiger partial charge in [0.2, 0.25) is 0 Å². The van der Waals surface area contributed by atoms with Crippen LogP contribution in [0.25, 0.3) is 0 Å². The standard InChI is InChI=1S/C15H28N2O4/c1-11(13(18)20-5)16-9-12-7-6-8-17(10-12)14(19)21-15(2,3)4/h11-12,16H,6-10H2,1-5H3/t11-,12?/m0/s1. The van der Waals surface area contributed by atoms with Crippen molar-refractivity contribution in [1.82, 2.24) is 10.2 Å². The summed E-state index contributed by atoms with van der Waals surface area (Å²) in [5, 5.41) is 3.16. The van der Waals surface area contributed by atoms with Crippen molar-refractivity contribution in [3.8, 4) is 0 Å². The molecule has 2 atom stereocenters. The molecule has 6 nitrogen and oxygen atoms in total. The van der Waals surface area contributed by atoms with Crippen LogP contribution in [-0.2, 0) is 14.3 Å². The van der Waals surface area contributed by atoms with Crippen molar-refractivity contribution in [3.63, 3.8) is 0 Å². The van der Waals surface area contributed by atoms with Gasteiger partial charge in [0, 0.05) is 19.6 Å². The topological polar surface area (TPSA) is 67.9 Å². The van der Waals surface area contributed by atoms with Gasteiger partial charge < -0.3 is 19.7 Å². The van der Waals surface area contributed by atoms with Gasteiger partial charge in [-0.2, -0.15) is 0 Å². The molecule has 1 N–H and O–H groups in total. The molecule has 1 saturated heterocycles. The second kappa shape index (κ2) is 7.64. The van der Waals surface area contributed by atoms with E-state index in [0.29, 0.717) is 19.0 Å². The molecule has 0 saturated carbocycles. The van der Waals surface area contributed by atoms with E-state index < -0.39 is 5.60 Å². The first-order valence-corrected chi connectivity index (χ1v) is 7.52. The van der Waals surface area contributed by atoms with Crippen LogP contribution in [0.5, 0.6) is 0 Å². The molecular weight excluding hydrogens is 272 g/mol. The zero-order chi connectivity index (χ0) is 16.0. The summed E-state index contributed by atoms with van der Waals surface area (Å²) in [4.78, 5) is 25.2. The molecule has 1 amide bonds. The van der Waals surface area contributed by atoms with E-state index in [-0.39, 0.29) is 18.1 Å². The molecule has 1 heterocycles. The smallest absolute Gasteiger partial charge is 0.410 e. The molecule has 0 aromatic carbocycles. The number of nitrogens with zero attached hydrogens (tertiary/aromatic N) is 1. The Morgan fingerprint density at radius 3 is 2.62 bits per heavy atom. The van der Waals surface area contributed by atoms with Gasteiger partial charge in [0.15, 0.2) is 0 Å². The average molecular weight is 300 g/mol. The van der Waals surface area contributed by atoms with Crippen LogP contribution in [-0.4, -0.2) is 55.3 Å². The van der Waals surface area contributed by atoms with E-state index in [9.17, 15) is 9.59 Å². The summed E-state index contributed by atoms with van der Waals surface area (Å²) in [5.41, 5.74) is -0.471. The zero-order valence-corrected chi connectivity index (χ0v) is 13.8. The predicted molar refractivity (Wildman–Crippen MR) is 80.0 cm³/mol. The maximum Gasteiger partial charge on any atom is 0.410 e. The van der Waals surface area contributed by atoms with Crippen LogP contribution >= 0.6 is 0 Å². The number of amides is 1. The maximum absolute atomic E-state index is 12.1. The predicted octanol–water partition coefficient (Wildman–Crippen LogP) is 1.78. The Balaban J connectivity index is 2.42. The van der Waals surface area contributed by atoms with E-state index >= 15 is 0 Å². The lowest BCUT2D eigenvalue weighted by molar-refractivity contribution is -0.142. The molecular formula is C15H28N2O4. The van der Waals surface area contributed by atoms with E-state index in [2.05, 4.69) is 10.1 Å². The molecule has 0 spiro atoms. The van der Waals surface area contributed by atoms with Gasteiger partial charge >= 0.3 is 12.1 Å². The number of rotatable bonds is 4. The summed E-state index contributed by atoms with van der Waals surface area (Å²) in [6.45, 7) is 9.47. The molecule has 0 bridgehead atoms. The Morgan fingerprint density at radius 1 is 1.38 bits per heavy atom. The summed E-state index contributed by atoms with van der Waals surface area (Å²) in [6, 6.07) is -0.327. The minimum Gasteiger partial charge on any atom is -0.468 e. The van der Waals surface area contributed by atoms with Gasteiger partial charge in [-0.25, -0.2) is 4.79 Å². The molecule has 21 heavy (non-hydrogen) atoms. The first-order valence-electron chi connectivity index (χ1n) is 7.52. The third-order valence-corrected chi connectivity index (χ3v) is 3.44. The Hall–Kier alpha value is -1.30. The van der Waals surface area contributed by atoms with Crippen molar-refractivity contribution < 1.29 is 19.1 Å². The van der Waals surface area contributed by atoms with Crippen molar-refractivity contribution in [1.29, 1.82) is 0 Å². The van der Waals surface area contributed by atoms with Crippen molar-refractivity contribution in [2.45, 2.75) is 52.2 Å². The highest BCUT2D eigenvalue weighted by atomic mass is 16.6.